The van der Waals surface area contributed by atoms with E-state index in [-0.39, 0.29) is 17.9 Å². The molecule has 0 aromatic carbocycles. The van der Waals surface area contributed by atoms with Gasteiger partial charge in [0.25, 0.3) is 0 Å². The number of carbonyl (C=O) groups excluding carboxylic acids is 2. The number of nitrogens with one attached hydrogen (secondary N) is 1. The van der Waals surface area contributed by atoms with E-state index in [4.69, 9.17) is 0 Å². The lowest BCUT2D eigenvalue weighted by atomic mass is 9.67. The van der Waals surface area contributed by atoms with Crippen LogP contribution in [0.2, 0.25) is 0 Å². The van der Waals surface area contributed by atoms with Crippen LogP contribution in [0.4, 0.5) is 0 Å². The summed E-state index contributed by atoms with van der Waals surface area (Å²) >= 11 is 0. The van der Waals surface area contributed by atoms with Gasteiger partial charge in [-0.1, -0.05) is 6.42 Å². The highest BCUT2D eigenvalue weighted by molar-refractivity contribution is 6.06. The zero-order valence-corrected chi connectivity index (χ0v) is 13.3. The van der Waals surface area contributed by atoms with Crippen molar-refractivity contribution >= 4 is 11.8 Å². The summed E-state index contributed by atoms with van der Waals surface area (Å²) in [5.41, 5.74) is 0.314. The zero-order valence-electron chi connectivity index (χ0n) is 13.3. The molecule has 0 radical (unpaired) electrons. The minimum Gasteiger partial charge on any atom is -0.358 e. The van der Waals surface area contributed by atoms with Gasteiger partial charge in [-0.3, -0.25) is 14.3 Å². The lowest BCUT2D eigenvalue weighted by molar-refractivity contribution is -0.157. The van der Waals surface area contributed by atoms with Crippen molar-refractivity contribution < 1.29 is 9.59 Å². The zero-order chi connectivity index (χ0) is 15.7. The third-order valence-corrected chi connectivity index (χ3v) is 5.08. The Labute approximate surface area is 130 Å². The fraction of sp³-hybridized carbons (Fsp3) is 0.688. The Kier molecular flexibility index (Phi) is 3.93. The van der Waals surface area contributed by atoms with Crippen LogP contribution < -0.4 is 5.32 Å². The Balaban J connectivity index is 1.74. The molecule has 22 heavy (non-hydrogen) atoms. The SMILES string of the molecule is CNC(=O)C1(C(=O)N2CCCC2Cn2cc(C)cn2)CCC1. The quantitative estimate of drug-likeness (QED) is 0.847. The molecule has 0 spiro atoms. The van der Waals surface area contributed by atoms with Gasteiger partial charge in [0, 0.05) is 19.8 Å². The fourth-order valence-electron chi connectivity index (χ4n) is 3.66. The van der Waals surface area contributed by atoms with Crippen LogP contribution in [0.3, 0.4) is 0 Å². The van der Waals surface area contributed by atoms with Crippen molar-refractivity contribution in [2.75, 3.05) is 13.6 Å². The van der Waals surface area contributed by atoms with Crippen LogP contribution in [0.25, 0.3) is 0 Å². The molecule has 2 fully saturated rings. The number of aryl methyl sites for hydroxylation is 1. The van der Waals surface area contributed by atoms with Gasteiger partial charge >= 0.3 is 0 Å². The van der Waals surface area contributed by atoms with Crippen molar-refractivity contribution in [3.63, 3.8) is 0 Å². The Morgan fingerprint density at radius 3 is 2.73 bits per heavy atom. The summed E-state index contributed by atoms with van der Waals surface area (Å²) in [5, 5.41) is 7.00. The van der Waals surface area contributed by atoms with E-state index in [9.17, 15) is 9.59 Å². The van der Waals surface area contributed by atoms with Crippen LogP contribution in [0, 0.1) is 12.3 Å². The van der Waals surface area contributed by atoms with Gasteiger partial charge in [0.15, 0.2) is 0 Å². The summed E-state index contributed by atoms with van der Waals surface area (Å²) in [5.74, 6) is -0.103. The number of aromatic nitrogens is 2. The van der Waals surface area contributed by atoms with Gasteiger partial charge in [0.05, 0.1) is 18.8 Å². The molecule has 2 aliphatic rings. The summed E-state index contributed by atoms with van der Waals surface area (Å²) in [7, 11) is 1.61. The summed E-state index contributed by atoms with van der Waals surface area (Å²) < 4.78 is 1.90. The molecule has 1 aliphatic carbocycles. The number of rotatable bonds is 4. The van der Waals surface area contributed by atoms with Gasteiger partial charge in [-0.25, -0.2) is 0 Å². The molecule has 1 N–H and O–H groups in total. The molecular formula is C16H24N4O2. The van der Waals surface area contributed by atoms with E-state index in [2.05, 4.69) is 10.4 Å². The van der Waals surface area contributed by atoms with Crippen LogP contribution in [0.5, 0.6) is 0 Å². The summed E-state index contributed by atoms with van der Waals surface area (Å²) in [6.07, 6.45) is 8.12. The summed E-state index contributed by atoms with van der Waals surface area (Å²) in [6.45, 7) is 3.47. The van der Waals surface area contributed by atoms with E-state index in [0.717, 1.165) is 31.4 Å². The van der Waals surface area contributed by atoms with Gasteiger partial charge in [0.1, 0.15) is 5.41 Å². The van der Waals surface area contributed by atoms with Gasteiger partial charge in [-0.05, 0) is 38.2 Å². The molecule has 6 nitrogen and oxygen atoms in total. The molecular weight excluding hydrogens is 280 g/mol. The lowest BCUT2D eigenvalue weighted by Crippen LogP contribution is -2.57. The largest absolute Gasteiger partial charge is 0.358 e. The van der Waals surface area contributed by atoms with Crippen LogP contribution >= 0.6 is 0 Å². The second-order valence-electron chi connectivity index (χ2n) is 6.55. The van der Waals surface area contributed by atoms with E-state index < -0.39 is 5.41 Å². The van der Waals surface area contributed by atoms with Crippen molar-refractivity contribution in [2.45, 2.75) is 51.6 Å². The molecule has 1 saturated carbocycles. The van der Waals surface area contributed by atoms with Crippen LogP contribution in [0.1, 0.15) is 37.7 Å². The third kappa shape index (κ3) is 2.40. The summed E-state index contributed by atoms with van der Waals surface area (Å²) in [4.78, 5) is 27.1. The second kappa shape index (κ2) is 5.74. The molecule has 1 unspecified atom stereocenters. The molecule has 1 atom stereocenters. The van der Waals surface area contributed by atoms with Crippen LogP contribution in [0.15, 0.2) is 12.4 Å². The predicted octanol–water partition coefficient (Wildman–Crippen LogP) is 1.10. The molecule has 1 saturated heterocycles. The highest BCUT2D eigenvalue weighted by atomic mass is 16.2. The average Bonchev–Trinajstić information content (AvgIpc) is 3.06. The van der Waals surface area contributed by atoms with E-state index >= 15 is 0 Å². The first-order valence-corrected chi connectivity index (χ1v) is 8.09. The first-order chi connectivity index (χ1) is 10.6. The van der Waals surface area contributed by atoms with E-state index in [0.29, 0.717) is 19.4 Å². The topological polar surface area (TPSA) is 67.2 Å². The molecule has 3 rings (SSSR count). The lowest BCUT2D eigenvalue weighted by Gasteiger charge is -2.42. The number of hydrogen-bond acceptors (Lipinski definition) is 3. The fourth-order valence-corrected chi connectivity index (χ4v) is 3.66. The minimum atomic E-state index is -0.808. The Morgan fingerprint density at radius 1 is 1.41 bits per heavy atom. The minimum absolute atomic E-state index is 0.0180. The van der Waals surface area contributed by atoms with Crippen molar-refractivity contribution in [3.8, 4) is 0 Å². The molecule has 1 aliphatic heterocycles. The van der Waals surface area contributed by atoms with Gasteiger partial charge < -0.3 is 10.2 Å². The van der Waals surface area contributed by atoms with E-state index in [1.807, 2.05) is 28.9 Å². The molecule has 1 aromatic rings. The van der Waals surface area contributed by atoms with E-state index in [1.165, 1.54) is 0 Å². The standard InChI is InChI=1S/C16H24N4O2/c1-12-9-18-19(10-12)11-13-5-3-8-20(13)15(22)16(6-4-7-16)14(21)17-2/h9-10,13H,3-8,11H2,1-2H3,(H,17,21). The van der Waals surface area contributed by atoms with Gasteiger partial charge in [0.2, 0.25) is 11.8 Å². The maximum absolute atomic E-state index is 13.0. The number of hydrogen-bond donors (Lipinski definition) is 1. The highest BCUT2D eigenvalue weighted by Crippen LogP contribution is 2.44. The molecule has 2 amide bonds. The predicted molar refractivity (Wildman–Crippen MR) is 82.0 cm³/mol. The molecule has 120 valence electrons. The number of carbonyl (C=O) groups is 2. The smallest absolute Gasteiger partial charge is 0.238 e. The number of likely N-dealkylation sites (tertiary alicyclic amines) is 1. The van der Waals surface area contributed by atoms with Crippen molar-refractivity contribution in [3.05, 3.63) is 18.0 Å². The van der Waals surface area contributed by atoms with E-state index in [1.54, 1.807) is 7.05 Å². The van der Waals surface area contributed by atoms with Gasteiger partial charge in [-0.2, -0.15) is 5.10 Å². The highest BCUT2D eigenvalue weighted by Gasteiger charge is 2.53. The second-order valence-corrected chi connectivity index (χ2v) is 6.55. The molecule has 6 heteroatoms. The number of nitrogens with zero attached hydrogens (tertiary/aromatic N) is 3. The molecule has 2 heterocycles. The first-order valence-electron chi connectivity index (χ1n) is 8.09. The van der Waals surface area contributed by atoms with Gasteiger partial charge in [-0.15, -0.1) is 0 Å². The normalized spacial score (nSPS) is 23.2. The maximum atomic E-state index is 13.0. The molecule has 0 bridgehead atoms. The Bertz CT molecular complexity index is 576. The maximum Gasteiger partial charge on any atom is 0.238 e. The summed E-state index contributed by atoms with van der Waals surface area (Å²) in [6, 6.07) is 0.147. The molecule has 1 aromatic heterocycles. The van der Waals surface area contributed by atoms with Crippen molar-refractivity contribution in [1.82, 2.24) is 20.0 Å². The Hall–Kier alpha value is -1.85. The third-order valence-electron chi connectivity index (χ3n) is 5.08. The Morgan fingerprint density at radius 2 is 2.18 bits per heavy atom. The number of amides is 2. The van der Waals surface area contributed by atoms with Crippen molar-refractivity contribution in [2.24, 2.45) is 5.41 Å². The van der Waals surface area contributed by atoms with Crippen LogP contribution in [-0.2, 0) is 16.1 Å². The average molecular weight is 304 g/mol. The monoisotopic (exact) mass is 304 g/mol. The first kappa shape index (κ1) is 15.1. The van der Waals surface area contributed by atoms with Crippen molar-refractivity contribution in [1.29, 1.82) is 0 Å². The van der Waals surface area contributed by atoms with Crippen LogP contribution in [-0.4, -0.2) is 46.1 Å².